The van der Waals surface area contributed by atoms with E-state index in [9.17, 15) is 23.1 Å². The van der Waals surface area contributed by atoms with E-state index in [2.05, 4.69) is 15.4 Å². The number of aromatic nitrogens is 2. The lowest BCUT2D eigenvalue weighted by Crippen LogP contribution is -2.46. The van der Waals surface area contributed by atoms with Crippen molar-refractivity contribution in [3.05, 3.63) is 95.1 Å². The topological polar surface area (TPSA) is 79.5 Å². The first-order chi connectivity index (χ1) is 16.4. The van der Waals surface area contributed by atoms with Gasteiger partial charge in [-0.1, -0.05) is 18.2 Å². The Balaban J connectivity index is 1.65. The minimum atomic E-state index is -1.82. The maximum atomic E-state index is 15.3. The Hall–Kier alpha value is -3.79. The van der Waals surface area contributed by atoms with Crippen molar-refractivity contribution < 1.29 is 27.5 Å². The Labute approximate surface area is 192 Å². The second-order valence-electron chi connectivity index (χ2n) is 7.63. The second kappa shape index (κ2) is 10.0. The average Bonchev–Trinajstić information content (AvgIpc) is 3.48. The fourth-order valence-corrected chi connectivity index (χ4v) is 3.69. The van der Waals surface area contributed by atoms with Crippen molar-refractivity contribution in [3.8, 4) is 0 Å². The van der Waals surface area contributed by atoms with Crippen LogP contribution in [0.2, 0.25) is 0 Å². The van der Waals surface area contributed by atoms with Crippen LogP contribution >= 0.6 is 0 Å². The average molecular weight is 472 g/mol. The fourth-order valence-electron chi connectivity index (χ4n) is 3.69. The standard InChI is InChI=1S/C24H20F4N4O2/c25-15-7-5-14(6-8-15)17-11-29-23(22(17)28)21-16(3-1-4-18(21)26)24(34)31-20(19(27)13-33)12-32-10-2-9-30-32/h1-10,19-20,33H,11-13H2,(H,31,34)/t19-,20-/m1/s1. The highest BCUT2D eigenvalue weighted by Crippen LogP contribution is 2.31. The lowest BCUT2D eigenvalue weighted by molar-refractivity contribution is 0.0849. The second-order valence-corrected chi connectivity index (χ2v) is 7.63. The van der Waals surface area contributed by atoms with E-state index in [1.165, 1.54) is 47.3 Å². The van der Waals surface area contributed by atoms with Crippen molar-refractivity contribution in [1.82, 2.24) is 15.1 Å². The minimum Gasteiger partial charge on any atom is -0.393 e. The first kappa shape index (κ1) is 23.4. The Morgan fingerprint density at radius 3 is 2.56 bits per heavy atom. The molecule has 2 atom stereocenters. The number of halogens is 4. The summed E-state index contributed by atoms with van der Waals surface area (Å²) < 4.78 is 59.1. The zero-order valence-corrected chi connectivity index (χ0v) is 17.8. The Morgan fingerprint density at radius 1 is 1.12 bits per heavy atom. The number of aliphatic hydroxyl groups excluding tert-OH is 1. The molecule has 4 rings (SSSR count). The summed E-state index contributed by atoms with van der Waals surface area (Å²) in [6.07, 6.45) is 1.21. The number of hydrogen-bond acceptors (Lipinski definition) is 4. The summed E-state index contributed by atoms with van der Waals surface area (Å²) in [4.78, 5) is 17.1. The highest BCUT2D eigenvalue weighted by atomic mass is 19.1. The van der Waals surface area contributed by atoms with E-state index < -0.39 is 42.2 Å². The number of nitrogens with one attached hydrogen (secondary N) is 1. The van der Waals surface area contributed by atoms with Gasteiger partial charge in [-0.3, -0.25) is 14.5 Å². The van der Waals surface area contributed by atoms with E-state index in [-0.39, 0.29) is 35.5 Å². The predicted molar refractivity (Wildman–Crippen MR) is 118 cm³/mol. The molecule has 0 spiro atoms. The number of amides is 1. The lowest BCUT2D eigenvalue weighted by Gasteiger charge is -2.22. The Morgan fingerprint density at radius 2 is 1.88 bits per heavy atom. The van der Waals surface area contributed by atoms with Gasteiger partial charge in [0.25, 0.3) is 5.91 Å². The van der Waals surface area contributed by atoms with Gasteiger partial charge in [0.05, 0.1) is 36.9 Å². The third-order valence-electron chi connectivity index (χ3n) is 5.43. The molecule has 2 heterocycles. The van der Waals surface area contributed by atoms with Crippen LogP contribution in [0, 0.1) is 11.6 Å². The van der Waals surface area contributed by atoms with Crippen LogP contribution in [0.4, 0.5) is 17.6 Å². The first-order valence-corrected chi connectivity index (χ1v) is 10.4. The van der Waals surface area contributed by atoms with Gasteiger partial charge in [0.15, 0.2) is 5.83 Å². The minimum absolute atomic E-state index is 0.0883. The number of allylic oxidation sites excluding steroid dienone is 1. The molecule has 176 valence electrons. The number of aliphatic hydroxyl groups is 1. The lowest BCUT2D eigenvalue weighted by atomic mass is 9.98. The van der Waals surface area contributed by atoms with Crippen LogP contribution in [-0.2, 0) is 6.54 Å². The van der Waals surface area contributed by atoms with Crippen LogP contribution in [0.1, 0.15) is 21.5 Å². The van der Waals surface area contributed by atoms with Crippen molar-refractivity contribution in [2.24, 2.45) is 4.99 Å². The highest BCUT2D eigenvalue weighted by molar-refractivity contribution is 6.21. The van der Waals surface area contributed by atoms with E-state index in [0.29, 0.717) is 5.56 Å². The maximum absolute atomic E-state index is 15.3. The number of alkyl halides is 1. The molecule has 0 unspecified atom stereocenters. The third kappa shape index (κ3) is 4.76. The number of nitrogens with zero attached hydrogens (tertiary/aromatic N) is 3. The molecule has 1 aromatic heterocycles. The summed E-state index contributed by atoms with van der Waals surface area (Å²) in [5, 5.41) is 15.7. The third-order valence-corrected chi connectivity index (χ3v) is 5.43. The SMILES string of the molecule is O=C(N[C@H](Cn1cccn1)[C@H](F)CO)c1cccc(F)c1C1=NCC(c2ccc(F)cc2)=C1F. The number of hydrogen-bond donors (Lipinski definition) is 2. The molecule has 2 N–H and O–H groups in total. The molecule has 6 nitrogen and oxygen atoms in total. The quantitative estimate of drug-likeness (QED) is 0.493. The van der Waals surface area contributed by atoms with Crippen molar-refractivity contribution in [2.75, 3.05) is 13.2 Å². The van der Waals surface area contributed by atoms with Gasteiger partial charge in [-0.05, 0) is 35.9 Å². The van der Waals surface area contributed by atoms with Crippen molar-refractivity contribution in [1.29, 1.82) is 0 Å². The molecular weight excluding hydrogens is 452 g/mol. The van der Waals surface area contributed by atoms with Gasteiger partial charge in [-0.2, -0.15) is 5.10 Å². The molecular formula is C24H20F4N4O2. The highest BCUT2D eigenvalue weighted by Gasteiger charge is 2.30. The smallest absolute Gasteiger partial charge is 0.252 e. The summed E-state index contributed by atoms with van der Waals surface area (Å²) >= 11 is 0. The van der Waals surface area contributed by atoms with Gasteiger partial charge in [-0.25, -0.2) is 17.6 Å². The zero-order valence-electron chi connectivity index (χ0n) is 17.8. The summed E-state index contributed by atoms with van der Waals surface area (Å²) in [5.41, 5.74) is -0.463. The van der Waals surface area contributed by atoms with Gasteiger partial charge in [-0.15, -0.1) is 0 Å². The largest absolute Gasteiger partial charge is 0.393 e. The summed E-state index contributed by atoms with van der Waals surface area (Å²) in [5.74, 6) is -3.08. The van der Waals surface area contributed by atoms with Crippen LogP contribution < -0.4 is 5.32 Å². The molecule has 1 aliphatic rings. The normalized spacial score (nSPS) is 15.3. The molecule has 0 saturated carbocycles. The Kier molecular flexibility index (Phi) is 6.87. The number of benzene rings is 2. The summed E-state index contributed by atoms with van der Waals surface area (Å²) in [7, 11) is 0. The number of rotatable bonds is 8. The summed E-state index contributed by atoms with van der Waals surface area (Å²) in [6, 6.07) is 9.14. The van der Waals surface area contributed by atoms with Gasteiger partial charge in [0.1, 0.15) is 23.5 Å². The zero-order chi connectivity index (χ0) is 24.2. The first-order valence-electron chi connectivity index (χ1n) is 10.4. The monoisotopic (exact) mass is 472 g/mol. The molecule has 1 amide bonds. The molecule has 0 radical (unpaired) electrons. The van der Waals surface area contributed by atoms with Crippen LogP contribution in [0.15, 0.2) is 71.7 Å². The number of aliphatic imine (C=N–C) groups is 1. The van der Waals surface area contributed by atoms with E-state index in [0.717, 1.165) is 6.07 Å². The fraction of sp³-hybridized carbons (Fsp3) is 0.208. The molecule has 0 fully saturated rings. The Bertz CT molecular complexity index is 1240. The van der Waals surface area contributed by atoms with E-state index in [1.807, 2.05) is 0 Å². The van der Waals surface area contributed by atoms with Crippen molar-refractivity contribution in [2.45, 2.75) is 18.8 Å². The van der Waals surface area contributed by atoms with E-state index in [4.69, 9.17) is 0 Å². The molecule has 0 bridgehead atoms. The van der Waals surface area contributed by atoms with Crippen molar-refractivity contribution in [3.63, 3.8) is 0 Å². The van der Waals surface area contributed by atoms with E-state index >= 15 is 4.39 Å². The van der Waals surface area contributed by atoms with Gasteiger partial charge in [0, 0.05) is 18.0 Å². The van der Waals surface area contributed by atoms with Gasteiger partial charge in [0.2, 0.25) is 0 Å². The van der Waals surface area contributed by atoms with Crippen LogP contribution in [0.5, 0.6) is 0 Å². The number of carbonyl (C=O) groups is 1. The molecule has 2 aromatic carbocycles. The van der Waals surface area contributed by atoms with Gasteiger partial charge >= 0.3 is 0 Å². The van der Waals surface area contributed by atoms with Gasteiger partial charge < -0.3 is 10.4 Å². The maximum Gasteiger partial charge on any atom is 0.252 e. The van der Waals surface area contributed by atoms with Crippen LogP contribution in [0.25, 0.3) is 5.57 Å². The molecule has 0 aliphatic carbocycles. The molecule has 34 heavy (non-hydrogen) atoms. The van der Waals surface area contributed by atoms with Crippen LogP contribution in [0.3, 0.4) is 0 Å². The number of carbonyl (C=O) groups excluding carboxylic acids is 1. The molecule has 3 aromatic rings. The van der Waals surface area contributed by atoms with E-state index in [1.54, 1.807) is 12.3 Å². The molecule has 0 saturated heterocycles. The molecule has 10 heteroatoms. The summed E-state index contributed by atoms with van der Waals surface area (Å²) in [6.45, 7) is -1.07. The predicted octanol–water partition coefficient (Wildman–Crippen LogP) is 3.47. The molecule has 1 aliphatic heterocycles. The van der Waals surface area contributed by atoms with Crippen LogP contribution in [-0.4, -0.2) is 51.9 Å². The van der Waals surface area contributed by atoms with Crippen molar-refractivity contribution >= 4 is 17.2 Å².